The predicted octanol–water partition coefficient (Wildman–Crippen LogP) is 1.17. The van der Waals surface area contributed by atoms with Gasteiger partial charge in [0.05, 0.1) is 6.54 Å². The normalized spacial score (nSPS) is 11.2. The molecule has 2 amide bonds. The summed E-state index contributed by atoms with van der Waals surface area (Å²) in [4.78, 5) is 27.2. The van der Waals surface area contributed by atoms with Crippen LogP contribution in [-0.2, 0) is 16.1 Å². The van der Waals surface area contributed by atoms with E-state index in [1.807, 2.05) is 0 Å². The summed E-state index contributed by atoms with van der Waals surface area (Å²) in [5.74, 6) is 0.676. The smallest absolute Gasteiger partial charge is 0.408 e. The molecule has 2 aromatic rings. The molecule has 2 heterocycles. The first-order chi connectivity index (χ1) is 11.2. The van der Waals surface area contributed by atoms with Gasteiger partial charge in [-0.25, -0.2) is 4.79 Å². The quantitative estimate of drug-likeness (QED) is 0.831. The summed E-state index contributed by atoms with van der Waals surface area (Å²) in [6.07, 6.45) is -0.667. The molecule has 0 aliphatic carbocycles. The lowest BCUT2D eigenvalue weighted by Gasteiger charge is -2.19. The summed E-state index contributed by atoms with van der Waals surface area (Å²) in [5, 5.41) is 12.4. The van der Waals surface area contributed by atoms with Crippen molar-refractivity contribution in [2.75, 3.05) is 6.54 Å². The van der Waals surface area contributed by atoms with E-state index in [2.05, 4.69) is 25.9 Å². The van der Waals surface area contributed by atoms with Crippen LogP contribution in [-0.4, -0.2) is 39.4 Å². The Kier molecular flexibility index (Phi) is 5.17. The van der Waals surface area contributed by atoms with Gasteiger partial charge in [0, 0.05) is 6.07 Å². The SMILES string of the molecule is Cc1cc(-c2noc(CNC(=O)CNC(=O)OC(C)(C)C)n2)no1. The minimum Gasteiger partial charge on any atom is -0.444 e. The molecule has 0 fully saturated rings. The second-order valence-corrected chi connectivity index (χ2v) is 5.97. The molecule has 0 aliphatic heterocycles. The highest BCUT2D eigenvalue weighted by atomic mass is 16.6. The van der Waals surface area contributed by atoms with Gasteiger partial charge in [-0.1, -0.05) is 10.3 Å². The number of aromatic nitrogens is 3. The van der Waals surface area contributed by atoms with Crippen LogP contribution >= 0.6 is 0 Å². The number of carbonyl (C=O) groups excluding carboxylic acids is 2. The van der Waals surface area contributed by atoms with Gasteiger partial charge >= 0.3 is 6.09 Å². The van der Waals surface area contributed by atoms with Gasteiger partial charge in [-0.05, 0) is 27.7 Å². The van der Waals surface area contributed by atoms with Gasteiger partial charge in [-0.3, -0.25) is 4.79 Å². The summed E-state index contributed by atoms with van der Waals surface area (Å²) in [6.45, 7) is 6.75. The first-order valence-corrected chi connectivity index (χ1v) is 7.23. The molecule has 2 N–H and O–H groups in total. The molecule has 0 saturated carbocycles. The highest BCUT2D eigenvalue weighted by Crippen LogP contribution is 2.14. The van der Waals surface area contributed by atoms with E-state index in [4.69, 9.17) is 13.8 Å². The second kappa shape index (κ2) is 7.11. The Balaban J connectivity index is 1.76. The average Bonchev–Trinajstić information content (AvgIpc) is 3.09. The van der Waals surface area contributed by atoms with Gasteiger partial charge < -0.3 is 24.4 Å². The maximum atomic E-state index is 11.7. The van der Waals surface area contributed by atoms with Crippen molar-refractivity contribution >= 4 is 12.0 Å². The van der Waals surface area contributed by atoms with Crippen molar-refractivity contribution in [2.45, 2.75) is 39.8 Å². The minimum atomic E-state index is -0.667. The van der Waals surface area contributed by atoms with E-state index in [-0.39, 0.29) is 24.8 Å². The maximum absolute atomic E-state index is 11.7. The zero-order valence-electron chi connectivity index (χ0n) is 13.9. The number of rotatable bonds is 5. The molecule has 0 saturated heterocycles. The van der Waals surface area contributed by atoms with Crippen molar-refractivity contribution in [3.05, 3.63) is 17.7 Å². The van der Waals surface area contributed by atoms with Crippen LogP contribution in [0.2, 0.25) is 0 Å². The van der Waals surface area contributed by atoms with Gasteiger partial charge in [0.15, 0.2) is 5.69 Å². The second-order valence-electron chi connectivity index (χ2n) is 5.97. The fraction of sp³-hybridized carbons (Fsp3) is 0.500. The number of ether oxygens (including phenoxy) is 1. The van der Waals surface area contributed by atoms with Crippen molar-refractivity contribution in [3.63, 3.8) is 0 Å². The fourth-order valence-corrected chi connectivity index (χ4v) is 1.61. The van der Waals surface area contributed by atoms with Crippen molar-refractivity contribution in [1.29, 1.82) is 0 Å². The third-order valence-electron chi connectivity index (χ3n) is 2.55. The van der Waals surface area contributed by atoms with Crippen LogP contribution < -0.4 is 10.6 Å². The van der Waals surface area contributed by atoms with Crippen molar-refractivity contribution < 1.29 is 23.4 Å². The maximum Gasteiger partial charge on any atom is 0.408 e. The van der Waals surface area contributed by atoms with Gasteiger partial charge in [0.1, 0.15) is 17.9 Å². The molecular weight excluding hydrogens is 318 g/mol. The third-order valence-corrected chi connectivity index (χ3v) is 2.55. The summed E-state index contributed by atoms with van der Waals surface area (Å²) >= 11 is 0. The van der Waals surface area contributed by atoms with Crippen LogP contribution in [0.1, 0.15) is 32.4 Å². The Morgan fingerprint density at radius 3 is 2.58 bits per heavy atom. The molecule has 130 valence electrons. The number of aryl methyl sites for hydroxylation is 1. The van der Waals surface area contributed by atoms with Gasteiger partial charge in [-0.2, -0.15) is 4.98 Å². The van der Waals surface area contributed by atoms with Crippen LogP contribution in [0.25, 0.3) is 11.5 Å². The van der Waals surface area contributed by atoms with Crippen LogP contribution in [0.4, 0.5) is 4.79 Å². The number of nitrogens with one attached hydrogen (secondary N) is 2. The topological polar surface area (TPSA) is 132 Å². The van der Waals surface area contributed by atoms with Crippen LogP contribution in [0.5, 0.6) is 0 Å². The van der Waals surface area contributed by atoms with Crippen molar-refractivity contribution in [2.24, 2.45) is 0 Å². The standard InChI is InChI=1S/C14H19N5O5/c1-8-5-9(18-23-8)12-17-11(24-19-12)7-15-10(20)6-16-13(21)22-14(2,3)4/h5H,6-7H2,1-4H3,(H,15,20)(H,16,21). The number of carbonyl (C=O) groups is 2. The predicted molar refractivity (Wildman–Crippen MR) is 80.6 cm³/mol. The van der Waals surface area contributed by atoms with Gasteiger partial charge in [-0.15, -0.1) is 0 Å². The summed E-state index contributed by atoms with van der Waals surface area (Å²) < 4.78 is 14.9. The van der Waals surface area contributed by atoms with E-state index in [1.165, 1.54) is 0 Å². The zero-order chi connectivity index (χ0) is 17.7. The summed E-state index contributed by atoms with van der Waals surface area (Å²) in [7, 11) is 0. The molecule has 2 aromatic heterocycles. The molecule has 0 spiro atoms. The molecule has 10 nitrogen and oxygen atoms in total. The van der Waals surface area contributed by atoms with Gasteiger partial charge in [0.2, 0.25) is 17.6 Å². The lowest BCUT2D eigenvalue weighted by molar-refractivity contribution is -0.120. The monoisotopic (exact) mass is 337 g/mol. The Hall–Kier alpha value is -2.91. The highest BCUT2D eigenvalue weighted by molar-refractivity contribution is 5.82. The number of nitrogens with zero attached hydrogens (tertiary/aromatic N) is 3. The molecule has 0 radical (unpaired) electrons. The van der Waals surface area contributed by atoms with Crippen LogP contribution in [0, 0.1) is 6.92 Å². The fourth-order valence-electron chi connectivity index (χ4n) is 1.61. The Morgan fingerprint density at radius 2 is 1.96 bits per heavy atom. The first-order valence-electron chi connectivity index (χ1n) is 7.23. The Labute approximate surface area is 137 Å². The van der Waals surface area contributed by atoms with E-state index in [0.717, 1.165) is 0 Å². The molecule has 0 aliphatic rings. The third kappa shape index (κ3) is 5.38. The zero-order valence-corrected chi connectivity index (χ0v) is 13.9. The van der Waals surface area contributed by atoms with Crippen LogP contribution in [0.15, 0.2) is 15.1 Å². The van der Waals surface area contributed by atoms with Gasteiger partial charge in [0.25, 0.3) is 0 Å². The molecular formula is C14H19N5O5. The van der Waals surface area contributed by atoms with E-state index < -0.39 is 17.6 Å². The van der Waals surface area contributed by atoms with E-state index in [9.17, 15) is 9.59 Å². The summed E-state index contributed by atoms with van der Waals surface area (Å²) in [6, 6.07) is 1.66. The van der Waals surface area contributed by atoms with Crippen molar-refractivity contribution in [1.82, 2.24) is 25.9 Å². The van der Waals surface area contributed by atoms with E-state index in [1.54, 1.807) is 33.8 Å². The Bertz CT molecular complexity index is 715. The molecule has 0 unspecified atom stereocenters. The summed E-state index contributed by atoms with van der Waals surface area (Å²) in [5.41, 5.74) is -0.180. The molecule has 24 heavy (non-hydrogen) atoms. The molecule has 0 bridgehead atoms. The minimum absolute atomic E-state index is 0.0265. The lowest BCUT2D eigenvalue weighted by atomic mass is 10.2. The highest BCUT2D eigenvalue weighted by Gasteiger charge is 2.17. The number of hydrogen-bond donors (Lipinski definition) is 2. The molecule has 10 heteroatoms. The largest absolute Gasteiger partial charge is 0.444 e. The lowest BCUT2D eigenvalue weighted by Crippen LogP contribution is -2.39. The van der Waals surface area contributed by atoms with E-state index in [0.29, 0.717) is 11.5 Å². The molecule has 0 atom stereocenters. The Morgan fingerprint density at radius 1 is 1.21 bits per heavy atom. The number of alkyl carbamates (subject to hydrolysis) is 1. The first kappa shape index (κ1) is 17.4. The van der Waals surface area contributed by atoms with Crippen LogP contribution in [0.3, 0.4) is 0 Å². The average molecular weight is 337 g/mol. The molecule has 2 rings (SSSR count). The number of amides is 2. The number of hydrogen-bond acceptors (Lipinski definition) is 8. The molecule has 0 aromatic carbocycles. The van der Waals surface area contributed by atoms with E-state index >= 15 is 0 Å². The van der Waals surface area contributed by atoms with Crippen molar-refractivity contribution in [3.8, 4) is 11.5 Å².